The van der Waals surface area contributed by atoms with Gasteiger partial charge in [-0.3, -0.25) is 4.57 Å². The largest absolute Gasteiger partial charge is 0.494 e. The van der Waals surface area contributed by atoms with Crippen molar-refractivity contribution >= 4 is 5.69 Å². The highest BCUT2D eigenvalue weighted by molar-refractivity contribution is 5.64. The van der Waals surface area contributed by atoms with E-state index in [-0.39, 0.29) is 29.7 Å². The molecule has 0 spiro atoms. The maximum atomic E-state index is 13.4. The molecule has 2 aliphatic heterocycles. The topological polar surface area (TPSA) is 68.2 Å². The van der Waals surface area contributed by atoms with Gasteiger partial charge < -0.3 is 19.7 Å². The lowest BCUT2D eigenvalue weighted by atomic mass is 9.78. The van der Waals surface area contributed by atoms with Gasteiger partial charge in [-0.25, -0.2) is 4.85 Å². The van der Waals surface area contributed by atoms with Crippen molar-refractivity contribution in [3.05, 3.63) is 46.3 Å². The third kappa shape index (κ3) is 2.44. The lowest BCUT2D eigenvalue weighted by Gasteiger charge is -2.29. The number of alkyl halides is 3. The van der Waals surface area contributed by atoms with Gasteiger partial charge in [0.25, 0.3) is 0 Å². The zero-order chi connectivity index (χ0) is 21.6. The molecule has 2 fully saturated rings. The van der Waals surface area contributed by atoms with Crippen LogP contribution in [0, 0.1) is 6.57 Å². The van der Waals surface area contributed by atoms with Crippen LogP contribution < -0.4 is 0 Å². The molecular formula is C21H19F3N2O4. The Bertz CT molecular complexity index is 1110. The van der Waals surface area contributed by atoms with E-state index in [0.29, 0.717) is 17.5 Å². The number of ether oxygens (including phenoxy) is 2. The summed E-state index contributed by atoms with van der Waals surface area (Å²) in [5.41, 5.74) is -3.03. The smallest absolute Gasteiger partial charge is 0.407 e. The Morgan fingerprint density at radius 3 is 2.47 bits per heavy atom. The van der Waals surface area contributed by atoms with Gasteiger partial charge in [0.15, 0.2) is 5.69 Å². The van der Waals surface area contributed by atoms with E-state index in [1.54, 1.807) is 13.8 Å². The first-order valence-corrected chi connectivity index (χ1v) is 9.62. The summed E-state index contributed by atoms with van der Waals surface area (Å²) in [7, 11) is 0. The lowest BCUT2D eigenvalue weighted by molar-refractivity contribution is -0.136. The Morgan fingerprint density at radius 1 is 1.20 bits per heavy atom. The minimum Gasteiger partial charge on any atom is -0.494 e. The van der Waals surface area contributed by atoms with Crippen molar-refractivity contribution in [2.24, 2.45) is 0 Å². The summed E-state index contributed by atoms with van der Waals surface area (Å²) < 4.78 is 53.5. The number of nitrogens with zero attached hydrogens (tertiary/aromatic N) is 2. The highest BCUT2D eigenvalue weighted by Gasteiger charge is 2.65. The van der Waals surface area contributed by atoms with E-state index in [1.807, 2.05) is 0 Å². The Balaban J connectivity index is 1.67. The van der Waals surface area contributed by atoms with Crippen LogP contribution in [0.5, 0.6) is 11.8 Å². The summed E-state index contributed by atoms with van der Waals surface area (Å²) in [6, 6.07) is 3.05. The zero-order valence-corrected chi connectivity index (χ0v) is 16.2. The summed E-state index contributed by atoms with van der Waals surface area (Å²) in [6.07, 6.45) is -2.55. The second kappa shape index (κ2) is 5.71. The minimum absolute atomic E-state index is 0.0922. The number of rotatable bonds is 3. The summed E-state index contributed by atoms with van der Waals surface area (Å²) in [5, 5.41) is 21.9. The minimum atomic E-state index is -4.75. The van der Waals surface area contributed by atoms with E-state index < -0.39 is 28.6 Å². The van der Waals surface area contributed by atoms with Gasteiger partial charge in [-0.2, -0.15) is 13.2 Å². The number of hydrogen-bond donors (Lipinski definition) is 2. The second-order valence-corrected chi connectivity index (χ2v) is 8.51. The second-order valence-electron chi connectivity index (χ2n) is 8.51. The van der Waals surface area contributed by atoms with Gasteiger partial charge in [0, 0.05) is 6.42 Å². The van der Waals surface area contributed by atoms with Crippen LogP contribution in [0.1, 0.15) is 49.8 Å². The molecule has 2 bridgehead atoms. The predicted molar refractivity (Wildman–Crippen MR) is 98.7 cm³/mol. The first kappa shape index (κ1) is 19.3. The number of aromatic hydroxyl groups is 2. The van der Waals surface area contributed by atoms with E-state index in [1.165, 1.54) is 6.07 Å². The van der Waals surface area contributed by atoms with Gasteiger partial charge in [-0.15, -0.1) is 0 Å². The third-order valence-corrected chi connectivity index (χ3v) is 6.32. The van der Waals surface area contributed by atoms with Gasteiger partial charge in [-0.05, 0) is 38.8 Å². The molecule has 1 aromatic carbocycles. The Morgan fingerprint density at radius 2 is 1.87 bits per heavy atom. The standard InChI is InChI=1S/C21H19F3N2O4/c1-19-9-14(29-11-5-6-11)20(2,30-19)16-15(19)17(27)26(18(16)28)10-4-7-13(25-3)12(8-10)21(22,23)24/h4,7-8,11,14,27-28H,5-6,9H2,1-2H3/t14-,19?,20?/m0/s1. The normalized spacial score (nSPS) is 29.8. The van der Waals surface area contributed by atoms with E-state index in [0.717, 1.165) is 29.5 Å². The molecule has 158 valence electrons. The third-order valence-electron chi connectivity index (χ3n) is 6.32. The predicted octanol–water partition coefficient (Wildman–Crippen LogP) is 4.87. The molecule has 0 radical (unpaired) electrons. The molecule has 9 heteroatoms. The molecule has 2 unspecified atom stereocenters. The first-order chi connectivity index (χ1) is 14.0. The van der Waals surface area contributed by atoms with Gasteiger partial charge in [0.1, 0.15) is 5.60 Å². The maximum absolute atomic E-state index is 13.4. The number of fused-ring (bicyclic) bond motifs is 5. The molecule has 3 heterocycles. The number of aromatic nitrogens is 1. The number of benzene rings is 1. The molecule has 1 aliphatic carbocycles. The zero-order valence-electron chi connectivity index (χ0n) is 16.2. The molecule has 6 nitrogen and oxygen atoms in total. The monoisotopic (exact) mass is 420 g/mol. The van der Waals surface area contributed by atoms with Crippen LogP contribution >= 0.6 is 0 Å². The average Bonchev–Trinajstić information content (AvgIpc) is 3.31. The van der Waals surface area contributed by atoms with Crippen molar-refractivity contribution < 1.29 is 32.9 Å². The van der Waals surface area contributed by atoms with Gasteiger partial charge in [0.05, 0.1) is 46.8 Å². The quantitative estimate of drug-likeness (QED) is 0.696. The van der Waals surface area contributed by atoms with Crippen LogP contribution in [0.3, 0.4) is 0 Å². The SMILES string of the molecule is [C-]#[N+]c1ccc(-n2c(O)c3c(c2O)C2(C)OC3(C)C[C@@H]2OC2CC2)cc1C(F)(F)F. The van der Waals surface area contributed by atoms with Crippen molar-refractivity contribution in [3.8, 4) is 17.4 Å². The van der Waals surface area contributed by atoms with Gasteiger partial charge >= 0.3 is 6.18 Å². The molecule has 0 amide bonds. The molecular weight excluding hydrogens is 401 g/mol. The highest BCUT2D eigenvalue weighted by atomic mass is 19.4. The first-order valence-electron chi connectivity index (χ1n) is 9.62. The number of hydrogen-bond acceptors (Lipinski definition) is 4. The molecule has 2 N–H and O–H groups in total. The Labute approximate surface area is 170 Å². The maximum Gasteiger partial charge on any atom is 0.407 e. The lowest BCUT2D eigenvalue weighted by Crippen LogP contribution is -2.36. The summed E-state index contributed by atoms with van der Waals surface area (Å²) >= 11 is 0. The molecule has 30 heavy (non-hydrogen) atoms. The molecule has 1 aromatic heterocycles. The Kier molecular flexibility index (Phi) is 3.67. The molecule has 3 atom stereocenters. The van der Waals surface area contributed by atoms with Crippen LogP contribution in [-0.2, 0) is 26.9 Å². The molecule has 1 saturated heterocycles. The molecule has 5 rings (SSSR count). The summed E-state index contributed by atoms with van der Waals surface area (Å²) in [4.78, 5) is 2.93. The fourth-order valence-corrected chi connectivity index (χ4v) is 4.85. The summed E-state index contributed by atoms with van der Waals surface area (Å²) in [5.74, 6) is -0.760. The van der Waals surface area contributed by atoms with Crippen molar-refractivity contribution in [1.29, 1.82) is 0 Å². The van der Waals surface area contributed by atoms with Gasteiger partial charge in [0.2, 0.25) is 11.8 Å². The van der Waals surface area contributed by atoms with Crippen molar-refractivity contribution in [2.75, 3.05) is 0 Å². The van der Waals surface area contributed by atoms with E-state index in [4.69, 9.17) is 16.0 Å². The van der Waals surface area contributed by atoms with Crippen molar-refractivity contribution in [3.63, 3.8) is 0 Å². The van der Waals surface area contributed by atoms with Crippen molar-refractivity contribution in [2.45, 2.75) is 62.7 Å². The van der Waals surface area contributed by atoms with Crippen molar-refractivity contribution in [1.82, 2.24) is 4.57 Å². The van der Waals surface area contributed by atoms with E-state index in [9.17, 15) is 23.4 Å². The fourth-order valence-electron chi connectivity index (χ4n) is 4.85. The molecule has 3 aliphatic rings. The van der Waals surface area contributed by atoms with Crippen LogP contribution in [0.15, 0.2) is 18.2 Å². The van der Waals surface area contributed by atoms with Crippen LogP contribution in [0.25, 0.3) is 10.5 Å². The highest BCUT2D eigenvalue weighted by Crippen LogP contribution is 2.65. The van der Waals surface area contributed by atoms with Gasteiger partial charge in [-0.1, -0.05) is 6.07 Å². The van der Waals surface area contributed by atoms with Crippen LogP contribution in [0.2, 0.25) is 0 Å². The number of halogens is 3. The fraction of sp³-hybridized carbons (Fsp3) is 0.476. The van der Waals surface area contributed by atoms with E-state index >= 15 is 0 Å². The molecule has 2 aromatic rings. The van der Waals surface area contributed by atoms with E-state index in [2.05, 4.69) is 4.85 Å². The van der Waals surface area contributed by atoms with Crippen LogP contribution in [0.4, 0.5) is 18.9 Å². The summed E-state index contributed by atoms with van der Waals surface area (Å²) in [6.45, 7) is 10.5. The average molecular weight is 420 g/mol. The van der Waals surface area contributed by atoms with Crippen LogP contribution in [-0.4, -0.2) is 27.0 Å². The molecule has 1 saturated carbocycles. The Hall–Kier alpha value is -2.70.